The predicted octanol–water partition coefficient (Wildman–Crippen LogP) is 3.43. The van der Waals surface area contributed by atoms with Crippen molar-refractivity contribution in [3.8, 4) is 0 Å². The van der Waals surface area contributed by atoms with Crippen molar-refractivity contribution in [1.82, 2.24) is 0 Å². The lowest BCUT2D eigenvalue weighted by atomic mass is 9.98. The molecule has 31 heavy (non-hydrogen) atoms. The standard InChI is InChI=1S/C23H30O7S/c1-4-13-26-20-19-17(14-27-22(30-19)16-9-7-6-8-10-16)28-23(31-5-2)21(20)29-18(25)12-11-15(3)24/h4,6-10,17,19-23H,1,5,11-14H2,2-3H3/t17-,19-,20+,21-,22?,23+/m1/s1. The first-order valence-corrected chi connectivity index (χ1v) is 11.6. The van der Waals surface area contributed by atoms with Gasteiger partial charge in [0.2, 0.25) is 0 Å². The zero-order valence-corrected chi connectivity index (χ0v) is 18.8. The van der Waals surface area contributed by atoms with E-state index < -0.39 is 36.0 Å². The third-order valence-corrected chi connectivity index (χ3v) is 6.08. The second-order valence-electron chi connectivity index (χ2n) is 7.42. The third-order valence-electron chi connectivity index (χ3n) is 5.04. The molecule has 6 atom stereocenters. The number of rotatable bonds is 10. The van der Waals surface area contributed by atoms with E-state index in [-0.39, 0.29) is 31.3 Å². The van der Waals surface area contributed by atoms with Crippen LogP contribution in [-0.4, -0.2) is 60.6 Å². The van der Waals surface area contributed by atoms with Crippen molar-refractivity contribution in [3.63, 3.8) is 0 Å². The van der Waals surface area contributed by atoms with E-state index >= 15 is 0 Å². The predicted molar refractivity (Wildman–Crippen MR) is 117 cm³/mol. The van der Waals surface area contributed by atoms with E-state index in [1.165, 1.54) is 18.7 Å². The minimum absolute atomic E-state index is 0.0221. The van der Waals surface area contributed by atoms with Crippen molar-refractivity contribution in [3.05, 3.63) is 48.6 Å². The topological polar surface area (TPSA) is 80.3 Å². The molecule has 3 rings (SSSR count). The molecule has 0 aromatic heterocycles. The van der Waals surface area contributed by atoms with Crippen LogP contribution in [0.4, 0.5) is 0 Å². The molecule has 8 heteroatoms. The smallest absolute Gasteiger partial charge is 0.306 e. The van der Waals surface area contributed by atoms with Gasteiger partial charge in [0, 0.05) is 12.0 Å². The van der Waals surface area contributed by atoms with Crippen molar-refractivity contribution in [2.45, 2.75) is 62.8 Å². The first kappa shape index (κ1) is 23.9. The zero-order valence-electron chi connectivity index (χ0n) is 17.9. The molecule has 1 unspecified atom stereocenters. The number of ketones is 1. The molecule has 2 fully saturated rings. The van der Waals surface area contributed by atoms with Crippen LogP contribution < -0.4 is 0 Å². The van der Waals surface area contributed by atoms with Crippen LogP contribution in [0, 0.1) is 0 Å². The van der Waals surface area contributed by atoms with Crippen LogP contribution in [0.15, 0.2) is 43.0 Å². The van der Waals surface area contributed by atoms with Crippen LogP contribution in [0.3, 0.4) is 0 Å². The second-order valence-corrected chi connectivity index (χ2v) is 8.79. The van der Waals surface area contributed by atoms with Crippen LogP contribution in [0.5, 0.6) is 0 Å². The van der Waals surface area contributed by atoms with Crippen molar-refractivity contribution in [2.24, 2.45) is 0 Å². The largest absolute Gasteiger partial charge is 0.456 e. The zero-order chi connectivity index (χ0) is 22.2. The van der Waals surface area contributed by atoms with Gasteiger partial charge in [-0.05, 0) is 12.7 Å². The van der Waals surface area contributed by atoms with Gasteiger partial charge in [0.15, 0.2) is 12.4 Å². The van der Waals surface area contributed by atoms with Gasteiger partial charge in [-0.2, -0.15) is 0 Å². The van der Waals surface area contributed by atoms with Gasteiger partial charge in [-0.3, -0.25) is 4.79 Å². The Labute approximate surface area is 187 Å². The Balaban J connectivity index is 1.81. The quantitative estimate of drug-likeness (QED) is 0.396. The highest BCUT2D eigenvalue weighted by molar-refractivity contribution is 7.99. The number of Topliss-reactive ketones (excluding diaryl/α,β-unsaturated/α-hetero) is 1. The number of carbonyl (C=O) groups excluding carboxylic acids is 2. The molecular weight excluding hydrogens is 420 g/mol. The highest BCUT2D eigenvalue weighted by atomic mass is 32.2. The lowest BCUT2D eigenvalue weighted by Gasteiger charge is -2.48. The van der Waals surface area contributed by atoms with Gasteiger partial charge in [-0.25, -0.2) is 0 Å². The second kappa shape index (κ2) is 11.8. The minimum Gasteiger partial charge on any atom is -0.456 e. The highest BCUT2D eigenvalue weighted by Crippen LogP contribution is 2.39. The average Bonchev–Trinajstić information content (AvgIpc) is 2.78. The van der Waals surface area contributed by atoms with Crippen LogP contribution >= 0.6 is 11.8 Å². The lowest BCUT2D eigenvalue weighted by Crippen LogP contribution is -2.62. The van der Waals surface area contributed by atoms with E-state index in [1.807, 2.05) is 37.3 Å². The van der Waals surface area contributed by atoms with Crippen molar-refractivity contribution in [2.75, 3.05) is 19.0 Å². The molecular formula is C23H30O7S. The molecule has 1 aromatic carbocycles. The van der Waals surface area contributed by atoms with Crippen molar-refractivity contribution in [1.29, 1.82) is 0 Å². The molecule has 0 radical (unpaired) electrons. The molecule has 0 N–H and O–H groups in total. The molecule has 0 amide bonds. The Bertz CT molecular complexity index is 741. The molecule has 0 spiro atoms. The molecule has 170 valence electrons. The minimum atomic E-state index is -0.680. The molecule has 7 nitrogen and oxygen atoms in total. The maximum absolute atomic E-state index is 12.5. The fourth-order valence-electron chi connectivity index (χ4n) is 3.61. The Morgan fingerprint density at radius 3 is 2.65 bits per heavy atom. The van der Waals surface area contributed by atoms with Gasteiger partial charge in [0.05, 0.1) is 19.6 Å². The van der Waals surface area contributed by atoms with Crippen molar-refractivity contribution < 1.29 is 33.3 Å². The van der Waals surface area contributed by atoms with Crippen LogP contribution in [0.1, 0.15) is 38.5 Å². The Kier molecular flexibility index (Phi) is 9.10. The number of thioether (sulfide) groups is 1. The Morgan fingerprint density at radius 2 is 1.97 bits per heavy atom. The number of ether oxygens (including phenoxy) is 5. The summed E-state index contributed by atoms with van der Waals surface area (Å²) >= 11 is 1.53. The number of fused-ring (bicyclic) bond motifs is 1. The summed E-state index contributed by atoms with van der Waals surface area (Å²) in [4.78, 5) is 23.7. The van der Waals surface area contributed by atoms with Gasteiger partial charge in [-0.1, -0.05) is 43.3 Å². The summed E-state index contributed by atoms with van der Waals surface area (Å²) in [6.45, 7) is 7.80. The van der Waals surface area contributed by atoms with Gasteiger partial charge in [-0.15, -0.1) is 18.3 Å². The molecule has 2 heterocycles. The third kappa shape index (κ3) is 6.40. The normalized spacial score (nSPS) is 30.3. The monoisotopic (exact) mass is 450 g/mol. The van der Waals surface area contributed by atoms with E-state index in [0.717, 1.165) is 11.3 Å². The van der Waals surface area contributed by atoms with Gasteiger partial charge >= 0.3 is 5.97 Å². The average molecular weight is 451 g/mol. The summed E-state index contributed by atoms with van der Waals surface area (Å²) in [5.74, 6) is 0.253. The first-order valence-electron chi connectivity index (χ1n) is 10.5. The fraction of sp³-hybridized carbons (Fsp3) is 0.565. The first-order chi connectivity index (χ1) is 15.0. The van der Waals surface area contributed by atoms with Gasteiger partial charge in [0.25, 0.3) is 0 Å². The summed E-state index contributed by atoms with van der Waals surface area (Å²) in [6.07, 6.45) is -0.835. The number of hydrogen-bond donors (Lipinski definition) is 0. The molecule has 0 saturated carbocycles. The van der Waals surface area contributed by atoms with Crippen molar-refractivity contribution >= 4 is 23.5 Å². The van der Waals surface area contributed by atoms with E-state index in [0.29, 0.717) is 6.61 Å². The van der Waals surface area contributed by atoms with Crippen LogP contribution in [-0.2, 0) is 33.3 Å². The SMILES string of the molecule is C=CCO[C@@H]1[C@@H](OC(=O)CCC(C)=O)[C@H](SCC)O[C@@H]2COC(c3ccccc3)O[C@@H]12. The van der Waals surface area contributed by atoms with Crippen LogP contribution in [0.2, 0.25) is 0 Å². The maximum Gasteiger partial charge on any atom is 0.306 e. The van der Waals surface area contributed by atoms with E-state index in [2.05, 4.69) is 6.58 Å². The Hall–Kier alpha value is -1.71. The summed E-state index contributed by atoms with van der Waals surface area (Å²) in [6, 6.07) is 9.64. The summed E-state index contributed by atoms with van der Waals surface area (Å²) < 4.78 is 30.3. The molecule has 1 aromatic rings. The summed E-state index contributed by atoms with van der Waals surface area (Å²) in [5, 5.41) is 0. The number of esters is 1. The number of carbonyl (C=O) groups is 2. The molecule has 0 bridgehead atoms. The highest BCUT2D eigenvalue weighted by Gasteiger charge is 2.52. The van der Waals surface area contributed by atoms with E-state index in [9.17, 15) is 9.59 Å². The number of hydrogen-bond acceptors (Lipinski definition) is 8. The lowest BCUT2D eigenvalue weighted by molar-refractivity contribution is -0.323. The van der Waals surface area contributed by atoms with E-state index in [1.54, 1.807) is 6.08 Å². The fourth-order valence-corrected chi connectivity index (χ4v) is 4.56. The van der Waals surface area contributed by atoms with E-state index in [4.69, 9.17) is 23.7 Å². The number of benzene rings is 1. The molecule has 2 aliphatic rings. The molecule has 2 aliphatic heterocycles. The maximum atomic E-state index is 12.5. The van der Waals surface area contributed by atoms with Crippen LogP contribution in [0.25, 0.3) is 0 Å². The van der Waals surface area contributed by atoms with Gasteiger partial charge in [0.1, 0.15) is 29.5 Å². The molecule has 2 saturated heterocycles. The molecule has 0 aliphatic carbocycles. The van der Waals surface area contributed by atoms with Gasteiger partial charge < -0.3 is 28.5 Å². The summed E-state index contributed by atoms with van der Waals surface area (Å²) in [5.41, 5.74) is 0.464. The Morgan fingerprint density at radius 1 is 1.19 bits per heavy atom. The summed E-state index contributed by atoms with van der Waals surface area (Å²) in [7, 11) is 0.